The highest BCUT2D eigenvalue weighted by Crippen LogP contribution is 2.31. The predicted octanol–water partition coefficient (Wildman–Crippen LogP) is 3.57. The third-order valence-electron chi connectivity index (χ3n) is 2.46. The van der Waals surface area contributed by atoms with Gasteiger partial charge in [0, 0.05) is 11.5 Å². The largest absolute Gasteiger partial charge is 0.382 e. The molecule has 1 heterocycles. The molecule has 1 aromatic carbocycles. The molecule has 90 valence electrons. The zero-order valence-corrected chi connectivity index (χ0v) is 12.0. The monoisotopic (exact) mass is 334 g/mol. The summed E-state index contributed by atoms with van der Waals surface area (Å²) in [5, 5.41) is 15.2. The average Bonchev–Trinajstić information content (AvgIpc) is 2.62. The topological polar surface area (TPSA) is 38.0 Å². The van der Waals surface area contributed by atoms with Gasteiger partial charge in [0.25, 0.3) is 0 Å². The molecular weight excluding hydrogens is 327 g/mol. The van der Waals surface area contributed by atoms with Gasteiger partial charge in [-0.1, -0.05) is 29.3 Å². The van der Waals surface area contributed by atoms with Crippen molar-refractivity contribution < 1.29 is 5.11 Å². The lowest BCUT2D eigenvalue weighted by molar-refractivity contribution is 0.210. The van der Waals surface area contributed by atoms with Gasteiger partial charge in [-0.2, -0.15) is 5.10 Å². The minimum absolute atomic E-state index is 0.430. The first-order valence-electron chi connectivity index (χ1n) is 4.81. The Bertz CT molecular complexity index is 537. The van der Waals surface area contributed by atoms with E-state index in [-0.39, 0.29) is 0 Å². The summed E-state index contributed by atoms with van der Waals surface area (Å²) in [4.78, 5) is 0. The van der Waals surface area contributed by atoms with Gasteiger partial charge in [-0.15, -0.1) is 0 Å². The highest BCUT2D eigenvalue weighted by Gasteiger charge is 2.18. The summed E-state index contributed by atoms with van der Waals surface area (Å²) in [6, 6.07) is 5.26. The summed E-state index contributed by atoms with van der Waals surface area (Å²) in [7, 11) is 1.73. The lowest BCUT2D eigenvalue weighted by Crippen LogP contribution is -2.07. The molecule has 1 N–H and O–H groups in total. The number of aliphatic hydroxyl groups excluding tert-OH is 1. The number of halogens is 3. The molecule has 0 aliphatic carbocycles. The molecule has 0 bridgehead atoms. The van der Waals surface area contributed by atoms with Crippen molar-refractivity contribution in [2.75, 3.05) is 0 Å². The van der Waals surface area contributed by atoms with E-state index in [1.165, 1.54) is 6.20 Å². The fourth-order valence-corrected chi connectivity index (χ4v) is 2.27. The SMILES string of the molecule is Cn1ncc(Cl)c1C(O)c1ccc(Br)c(Cl)c1. The van der Waals surface area contributed by atoms with Crippen LogP contribution < -0.4 is 0 Å². The Hall–Kier alpha value is -0.550. The van der Waals surface area contributed by atoms with Gasteiger partial charge in [-0.3, -0.25) is 4.68 Å². The van der Waals surface area contributed by atoms with Crippen LogP contribution >= 0.6 is 39.1 Å². The van der Waals surface area contributed by atoms with Gasteiger partial charge in [-0.25, -0.2) is 0 Å². The first-order chi connectivity index (χ1) is 8.00. The zero-order chi connectivity index (χ0) is 12.6. The van der Waals surface area contributed by atoms with Crippen LogP contribution in [0, 0.1) is 0 Å². The summed E-state index contributed by atoms with van der Waals surface area (Å²) in [6.07, 6.45) is 0.654. The predicted molar refractivity (Wildman–Crippen MR) is 71.4 cm³/mol. The van der Waals surface area contributed by atoms with Gasteiger partial charge < -0.3 is 5.11 Å². The summed E-state index contributed by atoms with van der Waals surface area (Å²) in [5.41, 5.74) is 1.22. The van der Waals surface area contributed by atoms with Gasteiger partial charge in [0.1, 0.15) is 6.10 Å². The third kappa shape index (κ3) is 2.50. The van der Waals surface area contributed by atoms with Gasteiger partial charge in [0.2, 0.25) is 0 Å². The number of hydrogen-bond acceptors (Lipinski definition) is 2. The lowest BCUT2D eigenvalue weighted by Gasteiger charge is -2.13. The van der Waals surface area contributed by atoms with E-state index in [1.54, 1.807) is 29.9 Å². The molecular formula is C11H9BrCl2N2O. The van der Waals surface area contributed by atoms with Crippen LogP contribution in [0.5, 0.6) is 0 Å². The van der Waals surface area contributed by atoms with Crippen LogP contribution in [0.15, 0.2) is 28.9 Å². The van der Waals surface area contributed by atoms with Crippen LogP contribution in [-0.4, -0.2) is 14.9 Å². The van der Waals surface area contributed by atoms with Crippen LogP contribution in [0.25, 0.3) is 0 Å². The maximum Gasteiger partial charge on any atom is 0.122 e. The second kappa shape index (κ2) is 4.98. The standard InChI is InChI=1S/C11H9BrCl2N2O/c1-16-10(9(14)5-15-16)11(17)6-2-3-7(12)8(13)4-6/h2-5,11,17H,1H3. The van der Waals surface area contributed by atoms with E-state index in [0.29, 0.717) is 21.3 Å². The number of rotatable bonds is 2. The Balaban J connectivity index is 2.43. The van der Waals surface area contributed by atoms with Gasteiger partial charge in [0.05, 0.1) is 21.9 Å². The van der Waals surface area contributed by atoms with Crippen LogP contribution in [0.4, 0.5) is 0 Å². The van der Waals surface area contributed by atoms with Crippen molar-refractivity contribution >= 4 is 39.1 Å². The van der Waals surface area contributed by atoms with Crippen LogP contribution in [0.1, 0.15) is 17.4 Å². The Morgan fingerprint density at radius 1 is 1.35 bits per heavy atom. The quantitative estimate of drug-likeness (QED) is 0.911. The Kier molecular flexibility index (Phi) is 3.78. The van der Waals surface area contributed by atoms with E-state index in [0.717, 1.165) is 4.47 Å². The first kappa shape index (κ1) is 12.9. The molecule has 0 saturated carbocycles. The number of benzene rings is 1. The minimum Gasteiger partial charge on any atom is -0.382 e. The van der Waals surface area contributed by atoms with Crippen molar-refractivity contribution in [3.8, 4) is 0 Å². The number of aromatic nitrogens is 2. The molecule has 3 nitrogen and oxygen atoms in total. The second-order valence-electron chi connectivity index (χ2n) is 3.58. The maximum atomic E-state index is 10.2. The van der Waals surface area contributed by atoms with E-state index in [1.807, 2.05) is 0 Å². The summed E-state index contributed by atoms with van der Waals surface area (Å²) < 4.78 is 2.33. The molecule has 17 heavy (non-hydrogen) atoms. The van der Waals surface area contributed by atoms with E-state index in [9.17, 15) is 5.11 Å². The molecule has 0 aliphatic rings. The Morgan fingerprint density at radius 2 is 2.06 bits per heavy atom. The van der Waals surface area contributed by atoms with Crippen molar-refractivity contribution in [1.29, 1.82) is 0 Å². The fraction of sp³-hybridized carbons (Fsp3) is 0.182. The molecule has 0 amide bonds. The van der Waals surface area contributed by atoms with Crippen molar-refractivity contribution in [3.63, 3.8) is 0 Å². The molecule has 0 spiro atoms. The summed E-state index contributed by atoms with van der Waals surface area (Å²) in [5.74, 6) is 0. The average molecular weight is 336 g/mol. The number of hydrogen-bond donors (Lipinski definition) is 1. The summed E-state index contributed by atoms with van der Waals surface area (Å²) >= 11 is 15.3. The molecule has 6 heteroatoms. The highest BCUT2D eigenvalue weighted by molar-refractivity contribution is 9.10. The number of nitrogens with zero attached hydrogens (tertiary/aromatic N) is 2. The highest BCUT2D eigenvalue weighted by atomic mass is 79.9. The van der Waals surface area contributed by atoms with Crippen LogP contribution in [0.2, 0.25) is 10.0 Å². The van der Waals surface area contributed by atoms with E-state index in [2.05, 4.69) is 21.0 Å². The molecule has 0 radical (unpaired) electrons. The molecule has 0 saturated heterocycles. The van der Waals surface area contributed by atoms with E-state index in [4.69, 9.17) is 23.2 Å². The smallest absolute Gasteiger partial charge is 0.122 e. The second-order valence-corrected chi connectivity index (χ2v) is 5.25. The van der Waals surface area contributed by atoms with Crippen LogP contribution in [0.3, 0.4) is 0 Å². The molecule has 0 aliphatic heterocycles. The van der Waals surface area contributed by atoms with Crippen molar-refractivity contribution in [3.05, 3.63) is 50.2 Å². The van der Waals surface area contributed by atoms with Gasteiger partial charge in [-0.05, 0) is 33.6 Å². The summed E-state index contributed by atoms with van der Waals surface area (Å²) in [6.45, 7) is 0. The molecule has 1 unspecified atom stereocenters. The molecule has 1 atom stereocenters. The first-order valence-corrected chi connectivity index (χ1v) is 6.36. The van der Waals surface area contributed by atoms with Crippen molar-refractivity contribution in [2.45, 2.75) is 6.10 Å². The zero-order valence-electron chi connectivity index (χ0n) is 8.86. The van der Waals surface area contributed by atoms with E-state index < -0.39 is 6.10 Å². The number of aryl methyl sites for hydroxylation is 1. The maximum absolute atomic E-state index is 10.2. The van der Waals surface area contributed by atoms with Crippen molar-refractivity contribution in [2.24, 2.45) is 7.05 Å². The normalized spacial score (nSPS) is 12.8. The Labute approximate surface area is 117 Å². The Morgan fingerprint density at radius 3 is 2.59 bits per heavy atom. The van der Waals surface area contributed by atoms with Gasteiger partial charge >= 0.3 is 0 Å². The lowest BCUT2D eigenvalue weighted by atomic mass is 10.1. The number of aliphatic hydroxyl groups is 1. The molecule has 1 aromatic heterocycles. The van der Waals surface area contributed by atoms with Crippen LogP contribution in [-0.2, 0) is 7.05 Å². The van der Waals surface area contributed by atoms with Crippen molar-refractivity contribution in [1.82, 2.24) is 9.78 Å². The molecule has 2 aromatic rings. The fourth-order valence-electron chi connectivity index (χ4n) is 1.57. The third-order valence-corrected chi connectivity index (χ3v) is 3.98. The minimum atomic E-state index is -0.847. The molecule has 2 rings (SSSR count). The van der Waals surface area contributed by atoms with Gasteiger partial charge in [0.15, 0.2) is 0 Å². The van der Waals surface area contributed by atoms with E-state index >= 15 is 0 Å². The molecule has 0 fully saturated rings.